The monoisotopic (exact) mass is 291 g/mol. The summed E-state index contributed by atoms with van der Waals surface area (Å²) in [7, 11) is -3.26. The van der Waals surface area contributed by atoms with E-state index >= 15 is 0 Å². The maximum absolute atomic E-state index is 12.0. The summed E-state index contributed by atoms with van der Waals surface area (Å²) >= 11 is 0. The summed E-state index contributed by atoms with van der Waals surface area (Å²) in [6.45, 7) is 1.44. The van der Waals surface area contributed by atoms with Crippen LogP contribution in [0.4, 0.5) is 0 Å². The van der Waals surface area contributed by atoms with Gasteiger partial charge in [0.25, 0.3) is 0 Å². The maximum atomic E-state index is 12.0. The number of hydrogen-bond donors (Lipinski definition) is 1. The van der Waals surface area contributed by atoms with Crippen LogP contribution >= 0.6 is 0 Å². The van der Waals surface area contributed by atoms with Crippen LogP contribution in [0.1, 0.15) is 12.0 Å². The number of allylic oxidation sites excluding steroid dienone is 2. The van der Waals surface area contributed by atoms with Gasteiger partial charge in [-0.1, -0.05) is 30.4 Å². The molecular weight excluding hydrogens is 274 g/mol. The third-order valence-electron chi connectivity index (χ3n) is 3.57. The molecule has 0 bridgehead atoms. The zero-order chi connectivity index (χ0) is 14.2. The molecule has 0 spiro atoms. The molecule has 0 amide bonds. The SMILES string of the molecule is CS(=O)(=O)c1ccccc1C1=C2OCCN[C@H]2CC=C1. The van der Waals surface area contributed by atoms with Gasteiger partial charge >= 0.3 is 0 Å². The molecule has 1 aliphatic carbocycles. The lowest BCUT2D eigenvalue weighted by Gasteiger charge is -2.31. The van der Waals surface area contributed by atoms with Crippen molar-refractivity contribution < 1.29 is 13.2 Å². The Morgan fingerprint density at radius 2 is 2.10 bits per heavy atom. The molecule has 0 unspecified atom stereocenters. The van der Waals surface area contributed by atoms with Gasteiger partial charge in [0.05, 0.1) is 10.9 Å². The molecule has 1 aliphatic heterocycles. The number of fused-ring (bicyclic) bond motifs is 1. The maximum Gasteiger partial charge on any atom is 0.176 e. The highest BCUT2D eigenvalue weighted by Gasteiger charge is 2.27. The van der Waals surface area contributed by atoms with E-state index < -0.39 is 9.84 Å². The molecule has 1 atom stereocenters. The second kappa shape index (κ2) is 5.07. The summed E-state index contributed by atoms with van der Waals surface area (Å²) in [5.41, 5.74) is 1.59. The standard InChI is InChI=1S/C15H17NO3S/c1-20(17,18)14-8-3-2-5-11(14)12-6-4-7-13-15(12)19-10-9-16-13/h2-6,8,13,16H,7,9-10H2,1H3/t13-/m0/s1. The van der Waals surface area contributed by atoms with Crippen LogP contribution < -0.4 is 5.32 Å². The van der Waals surface area contributed by atoms with Crippen molar-refractivity contribution in [2.45, 2.75) is 17.4 Å². The molecule has 1 fully saturated rings. The first-order valence-corrected chi connectivity index (χ1v) is 8.53. The Morgan fingerprint density at radius 1 is 1.30 bits per heavy atom. The highest BCUT2D eigenvalue weighted by Crippen LogP contribution is 2.33. The lowest BCUT2D eigenvalue weighted by Crippen LogP contribution is -2.40. The predicted molar refractivity (Wildman–Crippen MR) is 78.0 cm³/mol. The Labute approximate surface area is 119 Å². The van der Waals surface area contributed by atoms with Gasteiger partial charge in [0.2, 0.25) is 0 Å². The van der Waals surface area contributed by atoms with Gasteiger partial charge in [0, 0.05) is 23.9 Å². The quantitative estimate of drug-likeness (QED) is 0.902. The molecule has 0 saturated carbocycles. The first kappa shape index (κ1) is 13.4. The van der Waals surface area contributed by atoms with Crippen molar-refractivity contribution in [3.8, 4) is 0 Å². The summed E-state index contributed by atoms with van der Waals surface area (Å²) < 4.78 is 29.7. The molecule has 5 heteroatoms. The van der Waals surface area contributed by atoms with Gasteiger partial charge in [-0.25, -0.2) is 8.42 Å². The van der Waals surface area contributed by atoms with Crippen molar-refractivity contribution in [1.29, 1.82) is 0 Å². The molecule has 1 aromatic carbocycles. The van der Waals surface area contributed by atoms with Crippen LogP contribution in [0, 0.1) is 0 Å². The highest BCUT2D eigenvalue weighted by molar-refractivity contribution is 7.90. The Morgan fingerprint density at radius 3 is 2.90 bits per heavy atom. The molecule has 106 valence electrons. The number of hydrogen-bond acceptors (Lipinski definition) is 4. The fourth-order valence-corrected chi connectivity index (χ4v) is 3.59. The Hall–Kier alpha value is -1.59. The topological polar surface area (TPSA) is 55.4 Å². The smallest absolute Gasteiger partial charge is 0.176 e. The van der Waals surface area contributed by atoms with E-state index in [1.807, 2.05) is 18.2 Å². The zero-order valence-electron chi connectivity index (χ0n) is 11.3. The van der Waals surface area contributed by atoms with E-state index in [-0.39, 0.29) is 6.04 Å². The van der Waals surface area contributed by atoms with Gasteiger partial charge in [0.1, 0.15) is 12.4 Å². The van der Waals surface area contributed by atoms with E-state index in [1.54, 1.807) is 12.1 Å². The van der Waals surface area contributed by atoms with E-state index in [2.05, 4.69) is 11.4 Å². The van der Waals surface area contributed by atoms with Gasteiger partial charge in [-0.05, 0) is 12.5 Å². The van der Waals surface area contributed by atoms with E-state index in [0.717, 1.165) is 29.9 Å². The molecule has 3 rings (SSSR count). The molecule has 0 aromatic heterocycles. The van der Waals surface area contributed by atoms with Gasteiger partial charge in [-0.15, -0.1) is 0 Å². The highest BCUT2D eigenvalue weighted by atomic mass is 32.2. The second-order valence-corrected chi connectivity index (χ2v) is 7.02. The number of ether oxygens (including phenoxy) is 1. The molecule has 2 aliphatic rings. The molecule has 4 nitrogen and oxygen atoms in total. The molecule has 1 saturated heterocycles. The van der Waals surface area contributed by atoms with Crippen LogP contribution in [0.3, 0.4) is 0 Å². The molecule has 1 heterocycles. The van der Waals surface area contributed by atoms with Crippen LogP contribution in [0.15, 0.2) is 47.1 Å². The van der Waals surface area contributed by atoms with E-state index in [0.29, 0.717) is 11.5 Å². The van der Waals surface area contributed by atoms with Crippen LogP contribution in [0.2, 0.25) is 0 Å². The number of benzene rings is 1. The van der Waals surface area contributed by atoms with Crippen LogP contribution in [0.5, 0.6) is 0 Å². The second-order valence-electron chi connectivity index (χ2n) is 5.04. The van der Waals surface area contributed by atoms with Crippen molar-refractivity contribution >= 4 is 15.4 Å². The van der Waals surface area contributed by atoms with E-state index in [9.17, 15) is 8.42 Å². The van der Waals surface area contributed by atoms with E-state index in [4.69, 9.17) is 4.74 Å². The third kappa shape index (κ3) is 2.39. The summed E-state index contributed by atoms with van der Waals surface area (Å²) in [6, 6.07) is 7.23. The number of morpholine rings is 1. The number of nitrogens with one attached hydrogen (secondary N) is 1. The van der Waals surface area contributed by atoms with Crippen LogP contribution in [-0.2, 0) is 14.6 Å². The van der Waals surface area contributed by atoms with Gasteiger partial charge < -0.3 is 10.1 Å². The Bertz CT molecular complexity index is 689. The normalized spacial score (nSPS) is 22.4. The molecule has 0 radical (unpaired) electrons. The first-order valence-electron chi connectivity index (χ1n) is 6.64. The largest absolute Gasteiger partial charge is 0.494 e. The molecule has 1 aromatic rings. The minimum absolute atomic E-state index is 0.149. The Balaban J connectivity index is 2.18. The minimum atomic E-state index is -3.26. The first-order chi connectivity index (χ1) is 9.57. The average Bonchev–Trinajstić information content (AvgIpc) is 2.46. The van der Waals surface area contributed by atoms with E-state index in [1.165, 1.54) is 6.26 Å². The van der Waals surface area contributed by atoms with Crippen molar-refractivity contribution in [3.05, 3.63) is 47.7 Å². The fourth-order valence-electron chi connectivity index (χ4n) is 2.68. The third-order valence-corrected chi connectivity index (χ3v) is 4.72. The molecule has 1 N–H and O–H groups in total. The summed E-state index contributed by atoms with van der Waals surface area (Å²) in [5.74, 6) is 0.856. The van der Waals surface area contributed by atoms with Crippen LogP contribution in [0.25, 0.3) is 5.57 Å². The number of rotatable bonds is 2. The lowest BCUT2D eigenvalue weighted by molar-refractivity contribution is 0.150. The zero-order valence-corrected chi connectivity index (χ0v) is 12.1. The van der Waals surface area contributed by atoms with Crippen LogP contribution in [-0.4, -0.2) is 33.9 Å². The summed E-state index contributed by atoms with van der Waals surface area (Å²) in [5, 5.41) is 3.40. The Kier molecular flexibility index (Phi) is 3.40. The van der Waals surface area contributed by atoms with Gasteiger partial charge in [-0.2, -0.15) is 0 Å². The van der Waals surface area contributed by atoms with Crippen molar-refractivity contribution in [3.63, 3.8) is 0 Å². The average molecular weight is 291 g/mol. The van der Waals surface area contributed by atoms with Crippen molar-refractivity contribution in [2.75, 3.05) is 19.4 Å². The fraction of sp³-hybridized carbons (Fsp3) is 0.333. The number of sulfone groups is 1. The summed E-state index contributed by atoms with van der Waals surface area (Å²) in [6.07, 6.45) is 6.13. The predicted octanol–water partition coefficient (Wildman–Crippen LogP) is 1.75. The molecular formula is C15H17NO3S. The minimum Gasteiger partial charge on any atom is -0.494 e. The van der Waals surface area contributed by atoms with Crippen molar-refractivity contribution in [2.24, 2.45) is 0 Å². The van der Waals surface area contributed by atoms with Gasteiger partial charge in [-0.3, -0.25) is 0 Å². The lowest BCUT2D eigenvalue weighted by atomic mass is 9.94. The summed E-state index contributed by atoms with van der Waals surface area (Å²) in [4.78, 5) is 0.349. The van der Waals surface area contributed by atoms with Crippen molar-refractivity contribution in [1.82, 2.24) is 5.32 Å². The molecule has 20 heavy (non-hydrogen) atoms. The van der Waals surface area contributed by atoms with Gasteiger partial charge in [0.15, 0.2) is 9.84 Å².